The minimum absolute atomic E-state index is 0.0420. The Bertz CT molecular complexity index is 446. The predicted molar refractivity (Wildman–Crippen MR) is 79.0 cm³/mol. The van der Waals surface area contributed by atoms with Crippen LogP contribution in [0.15, 0.2) is 30.3 Å². The van der Waals surface area contributed by atoms with Gasteiger partial charge < -0.3 is 10.0 Å². The molecule has 0 fully saturated rings. The zero-order valence-electron chi connectivity index (χ0n) is 12.2. The Labute approximate surface area is 119 Å². The van der Waals surface area contributed by atoms with Crippen LogP contribution in [0.1, 0.15) is 27.2 Å². The van der Waals surface area contributed by atoms with Gasteiger partial charge in [-0.15, -0.1) is 0 Å². The number of para-hydroxylation sites is 1. The van der Waals surface area contributed by atoms with E-state index >= 15 is 0 Å². The first kappa shape index (κ1) is 16.0. The number of benzene rings is 1. The molecule has 0 aliphatic heterocycles. The van der Waals surface area contributed by atoms with Crippen molar-refractivity contribution in [3.63, 3.8) is 0 Å². The number of carbonyl (C=O) groups is 2. The second-order valence-electron chi connectivity index (χ2n) is 4.79. The highest BCUT2D eigenvalue weighted by molar-refractivity contribution is 5.92. The van der Waals surface area contributed by atoms with Crippen molar-refractivity contribution < 1.29 is 14.7 Å². The van der Waals surface area contributed by atoms with E-state index in [0.29, 0.717) is 6.54 Å². The Kier molecular flexibility index (Phi) is 6.03. The standard InChI is InChI=1S/C15H22N2O3/c1-4-16(13-8-6-5-7-9-13)15(20)17(12(2)3)11-10-14(18)19/h5-9,12H,4,10-11H2,1-3H3,(H,18,19). The summed E-state index contributed by atoms with van der Waals surface area (Å²) < 4.78 is 0. The summed E-state index contributed by atoms with van der Waals surface area (Å²) in [6.45, 7) is 6.44. The number of carbonyl (C=O) groups excluding carboxylic acids is 1. The summed E-state index contributed by atoms with van der Waals surface area (Å²) >= 11 is 0. The monoisotopic (exact) mass is 278 g/mol. The van der Waals surface area contributed by atoms with Crippen LogP contribution in [0.3, 0.4) is 0 Å². The fraction of sp³-hybridized carbons (Fsp3) is 0.467. The van der Waals surface area contributed by atoms with Crippen molar-refractivity contribution in [2.24, 2.45) is 0 Å². The van der Waals surface area contributed by atoms with Crippen LogP contribution in [0, 0.1) is 0 Å². The quantitative estimate of drug-likeness (QED) is 0.870. The van der Waals surface area contributed by atoms with E-state index in [-0.39, 0.29) is 25.0 Å². The molecule has 0 heterocycles. The third-order valence-corrected chi connectivity index (χ3v) is 3.05. The number of hydrogen-bond donors (Lipinski definition) is 1. The van der Waals surface area contributed by atoms with Gasteiger partial charge in [0.25, 0.3) is 0 Å². The summed E-state index contributed by atoms with van der Waals surface area (Å²) in [5.41, 5.74) is 0.820. The summed E-state index contributed by atoms with van der Waals surface area (Å²) in [6.07, 6.45) is -0.0454. The third kappa shape index (κ3) is 4.26. The lowest BCUT2D eigenvalue weighted by Gasteiger charge is -2.32. The molecular formula is C15H22N2O3. The molecule has 1 aromatic rings. The lowest BCUT2D eigenvalue weighted by atomic mass is 10.2. The lowest BCUT2D eigenvalue weighted by molar-refractivity contribution is -0.137. The minimum Gasteiger partial charge on any atom is -0.481 e. The number of urea groups is 1. The predicted octanol–water partition coefficient (Wildman–Crippen LogP) is 2.82. The van der Waals surface area contributed by atoms with Crippen molar-refractivity contribution in [1.82, 2.24) is 4.90 Å². The second-order valence-corrected chi connectivity index (χ2v) is 4.79. The van der Waals surface area contributed by atoms with Crippen LogP contribution in [0.2, 0.25) is 0 Å². The Morgan fingerprint density at radius 3 is 2.25 bits per heavy atom. The Morgan fingerprint density at radius 2 is 1.80 bits per heavy atom. The molecular weight excluding hydrogens is 256 g/mol. The van der Waals surface area contributed by atoms with E-state index in [2.05, 4.69) is 0 Å². The first-order chi connectivity index (χ1) is 9.47. The summed E-state index contributed by atoms with van der Waals surface area (Å²) in [6, 6.07) is 9.19. The van der Waals surface area contributed by atoms with Crippen LogP contribution >= 0.6 is 0 Å². The number of anilines is 1. The number of carboxylic acids is 1. The summed E-state index contributed by atoms with van der Waals surface area (Å²) in [7, 11) is 0. The van der Waals surface area contributed by atoms with Gasteiger partial charge in [-0.1, -0.05) is 18.2 Å². The summed E-state index contributed by atoms with van der Waals surface area (Å²) in [5.74, 6) is -0.897. The SMILES string of the molecule is CCN(C(=O)N(CCC(=O)O)C(C)C)c1ccccc1. The maximum Gasteiger partial charge on any atom is 0.324 e. The van der Waals surface area contributed by atoms with Gasteiger partial charge in [0.05, 0.1) is 6.42 Å². The molecule has 0 unspecified atom stereocenters. The molecule has 0 saturated heterocycles. The number of nitrogens with zero attached hydrogens (tertiary/aromatic N) is 2. The van der Waals surface area contributed by atoms with E-state index in [1.165, 1.54) is 0 Å². The van der Waals surface area contributed by atoms with Crippen LogP contribution in [0.25, 0.3) is 0 Å². The zero-order chi connectivity index (χ0) is 15.1. The van der Waals surface area contributed by atoms with Crippen LogP contribution in [-0.2, 0) is 4.79 Å². The largest absolute Gasteiger partial charge is 0.481 e. The number of rotatable bonds is 6. The van der Waals surface area contributed by atoms with Crippen molar-refractivity contribution >= 4 is 17.7 Å². The second kappa shape index (κ2) is 7.53. The van der Waals surface area contributed by atoms with E-state index in [1.54, 1.807) is 9.80 Å². The van der Waals surface area contributed by atoms with Crippen molar-refractivity contribution in [2.45, 2.75) is 33.2 Å². The van der Waals surface area contributed by atoms with Crippen LogP contribution in [0.4, 0.5) is 10.5 Å². The molecule has 0 saturated carbocycles. The molecule has 0 bridgehead atoms. The van der Waals surface area contributed by atoms with Gasteiger partial charge in [-0.05, 0) is 32.9 Å². The zero-order valence-corrected chi connectivity index (χ0v) is 12.2. The Hall–Kier alpha value is -2.04. The van der Waals surface area contributed by atoms with E-state index in [0.717, 1.165) is 5.69 Å². The molecule has 110 valence electrons. The van der Waals surface area contributed by atoms with Crippen LogP contribution in [-0.4, -0.2) is 41.1 Å². The highest BCUT2D eigenvalue weighted by Crippen LogP contribution is 2.16. The van der Waals surface area contributed by atoms with E-state index in [9.17, 15) is 9.59 Å². The van der Waals surface area contributed by atoms with Gasteiger partial charge in [-0.3, -0.25) is 9.69 Å². The van der Waals surface area contributed by atoms with Gasteiger partial charge >= 0.3 is 12.0 Å². The molecule has 0 aliphatic rings. The molecule has 0 radical (unpaired) electrons. The van der Waals surface area contributed by atoms with E-state index in [4.69, 9.17) is 5.11 Å². The van der Waals surface area contributed by atoms with Gasteiger partial charge in [0.2, 0.25) is 0 Å². The number of aliphatic carboxylic acids is 1. The smallest absolute Gasteiger partial charge is 0.324 e. The maximum atomic E-state index is 12.6. The highest BCUT2D eigenvalue weighted by Gasteiger charge is 2.23. The fourth-order valence-electron chi connectivity index (χ4n) is 1.98. The van der Waals surface area contributed by atoms with E-state index < -0.39 is 5.97 Å². The molecule has 1 aromatic carbocycles. The van der Waals surface area contributed by atoms with Gasteiger partial charge in [-0.2, -0.15) is 0 Å². The number of amides is 2. The van der Waals surface area contributed by atoms with Gasteiger partial charge in [0.1, 0.15) is 0 Å². The van der Waals surface area contributed by atoms with Crippen molar-refractivity contribution in [2.75, 3.05) is 18.0 Å². The van der Waals surface area contributed by atoms with Crippen molar-refractivity contribution in [3.8, 4) is 0 Å². The fourth-order valence-corrected chi connectivity index (χ4v) is 1.98. The first-order valence-electron chi connectivity index (χ1n) is 6.82. The molecule has 20 heavy (non-hydrogen) atoms. The molecule has 5 nitrogen and oxygen atoms in total. The van der Waals surface area contributed by atoms with E-state index in [1.807, 2.05) is 51.1 Å². The number of hydrogen-bond acceptors (Lipinski definition) is 2. The third-order valence-electron chi connectivity index (χ3n) is 3.05. The van der Waals surface area contributed by atoms with Crippen molar-refractivity contribution in [1.29, 1.82) is 0 Å². The van der Waals surface area contributed by atoms with Crippen molar-refractivity contribution in [3.05, 3.63) is 30.3 Å². The average Bonchev–Trinajstić information content (AvgIpc) is 2.40. The van der Waals surface area contributed by atoms with Gasteiger partial charge in [0.15, 0.2) is 0 Å². The molecule has 5 heteroatoms. The molecule has 0 spiro atoms. The Balaban J connectivity index is 2.89. The highest BCUT2D eigenvalue weighted by atomic mass is 16.4. The molecule has 0 aromatic heterocycles. The number of carboxylic acid groups (broad SMARTS) is 1. The molecule has 1 N–H and O–H groups in total. The molecule has 2 amide bonds. The van der Waals surface area contributed by atoms with Crippen LogP contribution < -0.4 is 4.90 Å². The normalized spacial score (nSPS) is 10.4. The lowest BCUT2D eigenvalue weighted by Crippen LogP contribution is -2.47. The maximum absolute atomic E-state index is 12.6. The topological polar surface area (TPSA) is 60.9 Å². The molecule has 0 atom stereocenters. The van der Waals surface area contributed by atoms with Crippen LogP contribution in [0.5, 0.6) is 0 Å². The Morgan fingerprint density at radius 1 is 1.20 bits per heavy atom. The van der Waals surface area contributed by atoms with Gasteiger partial charge in [-0.25, -0.2) is 4.79 Å². The minimum atomic E-state index is -0.897. The van der Waals surface area contributed by atoms with Gasteiger partial charge in [0, 0.05) is 24.8 Å². The molecule has 1 rings (SSSR count). The summed E-state index contributed by atoms with van der Waals surface area (Å²) in [4.78, 5) is 26.5. The molecule has 0 aliphatic carbocycles. The first-order valence-corrected chi connectivity index (χ1v) is 6.82. The summed E-state index contributed by atoms with van der Waals surface area (Å²) in [5, 5.41) is 8.79. The average molecular weight is 278 g/mol.